The number of anilines is 1. The van der Waals surface area contributed by atoms with Crippen LogP contribution in [0.25, 0.3) is 0 Å². The van der Waals surface area contributed by atoms with Crippen LogP contribution in [0.15, 0.2) is 40.1 Å². The van der Waals surface area contributed by atoms with Gasteiger partial charge < -0.3 is 10.3 Å². The molecule has 0 unspecified atom stereocenters. The van der Waals surface area contributed by atoms with Crippen molar-refractivity contribution in [1.82, 2.24) is 9.97 Å². The van der Waals surface area contributed by atoms with E-state index in [1.807, 2.05) is 4.98 Å². The second kappa shape index (κ2) is 5.31. The van der Waals surface area contributed by atoms with Crippen molar-refractivity contribution in [3.05, 3.63) is 62.7 Å². The van der Waals surface area contributed by atoms with Crippen molar-refractivity contribution in [3.63, 3.8) is 0 Å². The number of carbonyl (C=O) groups excluding carboxylic acids is 2. The first-order chi connectivity index (χ1) is 9.49. The molecular formula is C12H8FN3O4. The van der Waals surface area contributed by atoms with Crippen molar-refractivity contribution in [2.24, 2.45) is 0 Å². The maximum absolute atomic E-state index is 12.0. The number of hydrogen-bond acceptors (Lipinski definition) is 4. The lowest BCUT2D eigenvalue weighted by Gasteiger charge is -1.91. The first-order valence-electron chi connectivity index (χ1n) is 5.41. The van der Waals surface area contributed by atoms with Crippen molar-refractivity contribution in [1.29, 1.82) is 0 Å². The number of carbonyl (C=O) groups is 2. The Morgan fingerprint density at radius 1 is 1.00 bits per heavy atom. The fourth-order valence-electron chi connectivity index (χ4n) is 1.48. The predicted molar refractivity (Wildman–Crippen MR) is 67.0 cm³/mol. The zero-order valence-electron chi connectivity index (χ0n) is 9.90. The first-order valence-corrected chi connectivity index (χ1v) is 5.41. The summed E-state index contributed by atoms with van der Waals surface area (Å²) in [5, 5.41) is 2.46. The molecule has 1 aromatic heterocycles. The average Bonchev–Trinajstić information content (AvgIpc) is 2.71. The maximum atomic E-state index is 12.0. The molecule has 1 aliphatic heterocycles. The number of rotatable bonds is 0. The molecule has 1 aliphatic rings. The second-order valence-electron chi connectivity index (χ2n) is 3.75. The highest BCUT2D eigenvalue weighted by molar-refractivity contribution is 6.51. The molecule has 2 heterocycles. The van der Waals surface area contributed by atoms with Gasteiger partial charge in [-0.2, -0.15) is 4.39 Å². The summed E-state index contributed by atoms with van der Waals surface area (Å²) >= 11 is 0. The second-order valence-corrected chi connectivity index (χ2v) is 3.75. The van der Waals surface area contributed by atoms with Crippen molar-refractivity contribution >= 4 is 17.4 Å². The van der Waals surface area contributed by atoms with E-state index >= 15 is 0 Å². The van der Waals surface area contributed by atoms with Crippen LogP contribution in [0.5, 0.6) is 0 Å². The van der Waals surface area contributed by atoms with Crippen molar-refractivity contribution in [2.75, 3.05) is 5.32 Å². The highest BCUT2D eigenvalue weighted by Gasteiger charge is 2.26. The van der Waals surface area contributed by atoms with Gasteiger partial charge in [0.1, 0.15) is 0 Å². The van der Waals surface area contributed by atoms with E-state index in [1.54, 1.807) is 29.2 Å². The third kappa shape index (κ3) is 2.69. The molecular weight excluding hydrogens is 269 g/mol. The Morgan fingerprint density at radius 2 is 1.70 bits per heavy atom. The van der Waals surface area contributed by atoms with E-state index in [0.29, 0.717) is 17.4 Å². The summed E-state index contributed by atoms with van der Waals surface area (Å²) in [5.41, 5.74) is -0.625. The van der Waals surface area contributed by atoms with Gasteiger partial charge in [-0.1, -0.05) is 12.1 Å². The molecule has 3 rings (SSSR count). The maximum Gasteiger partial charge on any atom is 0.325 e. The van der Waals surface area contributed by atoms with Crippen LogP contribution < -0.4 is 16.6 Å². The number of para-hydroxylation sites is 1. The van der Waals surface area contributed by atoms with Crippen LogP contribution >= 0.6 is 0 Å². The molecule has 0 aliphatic carbocycles. The molecule has 3 N–H and O–H groups in total. The minimum absolute atomic E-state index is 0.444. The minimum atomic E-state index is -1.00. The highest BCUT2D eigenvalue weighted by Crippen LogP contribution is 2.21. The zero-order chi connectivity index (χ0) is 14.7. The van der Waals surface area contributed by atoms with Gasteiger partial charge in [0.2, 0.25) is 5.82 Å². The normalized spacial score (nSPS) is 12.2. The van der Waals surface area contributed by atoms with Gasteiger partial charge in [-0.3, -0.25) is 19.4 Å². The monoisotopic (exact) mass is 277 g/mol. The number of amides is 1. The number of hydrogen-bond donors (Lipinski definition) is 3. The van der Waals surface area contributed by atoms with E-state index in [1.165, 1.54) is 0 Å². The first kappa shape index (κ1) is 13.4. The topological polar surface area (TPSA) is 112 Å². The quantitative estimate of drug-likeness (QED) is 0.589. The Kier molecular flexibility index (Phi) is 3.56. The van der Waals surface area contributed by atoms with Crippen LogP contribution in [0.3, 0.4) is 0 Å². The van der Waals surface area contributed by atoms with Crippen LogP contribution in [0.4, 0.5) is 10.1 Å². The van der Waals surface area contributed by atoms with Crippen molar-refractivity contribution in [3.8, 4) is 0 Å². The summed E-state index contributed by atoms with van der Waals surface area (Å²) in [4.78, 5) is 45.8. The molecule has 0 atom stereocenters. The Labute approximate surface area is 110 Å². The molecule has 0 saturated carbocycles. The Morgan fingerprint density at radius 3 is 2.30 bits per heavy atom. The summed E-state index contributed by atoms with van der Waals surface area (Å²) in [6, 6.07) is 6.85. The summed E-state index contributed by atoms with van der Waals surface area (Å²) in [7, 11) is 0. The summed E-state index contributed by atoms with van der Waals surface area (Å²) in [6.07, 6.45) is 0.709. The number of nitrogens with one attached hydrogen (secondary N) is 3. The average molecular weight is 277 g/mol. The molecule has 1 aromatic carbocycles. The van der Waals surface area contributed by atoms with Crippen molar-refractivity contribution < 1.29 is 14.0 Å². The summed E-state index contributed by atoms with van der Waals surface area (Å²) in [6.45, 7) is 0. The molecule has 20 heavy (non-hydrogen) atoms. The summed E-state index contributed by atoms with van der Waals surface area (Å²) in [5.74, 6) is -1.97. The Bertz CT molecular complexity index is 794. The largest absolute Gasteiger partial charge is 0.325 e. The van der Waals surface area contributed by atoms with Crippen LogP contribution in [-0.2, 0) is 4.79 Å². The Balaban J connectivity index is 0.000000151. The van der Waals surface area contributed by atoms with Crippen LogP contribution in [-0.4, -0.2) is 21.7 Å². The molecule has 8 heteroatoms. The number of ketones is 1. The third-order valence-electron chi connectivity index (χ3n) is 2.40. The molecule has 0 radical (unpaired) electrons. The molecule has 102 valence electrons. The number of halogens is 1. The lowest BCUT2D eigenvalue weighted by atomic mass is 10.1. The van der Waals surface area contributed by atoms with Gasteiger partial charge in [-0.25, -0.2) is 4.79 Å². The summed E-state index contributed by atoms with van der Waals surface area (Å²) < 4.78 is 12.0. The number of Topliss-reactive ketones (excluding diaryl/α,β-unsaturated/α-hetero) is 1. The van der Waals surface area contributed by atoms with E-state index < -0.39 is 28.8 Å². The molecule has 0 fully saturated rings. The fraction of sp³-hybridized carbons (Fsp3) is 0. The minimum Gasteiger partial charge on any atom is -0.318 e. The van der Waals surface area contributed by atoms with Gasteiger partial charge in [-0.15, -0.1) is 0 Å². The number of benzene rings is 1. The van der Waals surface area contributed by atoms with Gasteiger partial charge in [-0.05, 0) is 12.1 Å². The SMILES string of the molecule is O=C1Nc2ccccc2C1=O.O=c1[nH]cc(F)c(=O)[nH]1. The lowest BCUT2D eigenvalue weighted by molar-refractivity contribution is -0.112. The Hall–Kier alpha value is -3.03. The molecule has 2 aromatic rings. The number of fused-ring (bicyclic) bond motifs is 1. The standard InChI is InChI=1S/C8H5NO2.C4H3FN2O2/c10-7-5-3-1-2-4-6(5)9-8(7)11;5-2-1-6-4(9)7-3(2)8/h1-4H,(H,9,10,11);1H,(H2,6,7,8,9). The van der Waals surface area contributed by atoms with Gasteiger partial charge in [0.15, 0.2) is 0 Å². The fourth-order valence-corrected chi connectivity index (χ4v) is 1.48. The zero-order valence-corrected chi connectivity index (χ0v) is 9.90. The van der Waals surface area contributed by atoms with E-state index in [0.717, 1.165) is 0 Å². The van der Waals surface area contributed by atoms with E-state index in [9.17, 15) is 23.6 Å². The third-order valence-corrected chi connectivity index (χ3v) is 2.40. The van der Waals surface area contributed by atoms with Gasteiger partial charge in [0.05, 0.1) is 11.3 Å². The van der Waals surface area contributed by atoms with E-state index in [2.05, 4.69) is 5.32 Å². The molecule has 0 spiro atoms. The van der Waals surface area contributed by atoms with Gasteiger partial charge >= 0.3 is 5.69 Å². The molecule has 0 saturated heterocycles. The van der Waals surface area contributed by atoms with Crippen LogP contribution in [0.1, 0.15) is 10.4 Å². The van der Waals surface area contributed by atoms with Crippen LogP contribution in [0, 0.1) is 5.82 Å². The van der Waals surface area contributed by atoms with E-state index in [-0.39, 0.29) is 0 Å². The predicted octanol–water partition coefficient (Wildman–Crippen LogP) is 0.0237. The molecule has 0 bridgehead atoms. The highest BCUT2D eigenvalue weighted by atomic mass is 19.1. The number of aromatic amines is 2. The number of aromatic nitrogens is 2. The lowest BCUT2D eigenvalue weighted by Crippen LogP contribution is -2.23. The molecule has 7 nitrogen and oxygen atoms in total. The van der Waals surface area contributed by atoms with Gasteiger partial charge in [0.25, 0.3) is 17.2 Å². The van der Waals surface area contributed by atoms with Crippen molar-refractivity contribution in [2.45, 2.75) is 0 Å². The smallest absolute Gasteiger partial charge is 0.318 e. The van der Waals surface area contributed by atoms with E-state index in [4.69, 9.17) is 0 Å². The molecule has 1 amide bonds. The van der Waals surface area contributed by atoms with Gasteiger partial charge in [0, 0.05) is 6.20 Å². The van der Waals surface area contributed by atoms with Crippen LogP contribution in [0.2, 0.25) is 0 Å². The number of H-pyrrole nitrogens is 2.